The van der Waals surface area contributed by atoms with Crippen LogP contribution in [0.2, 0.25) is 0 Å². The molecule has 1 aliphatic carbocycles. The molecule has 4 heteroatoms. The molecule has 0 aromatic rings. The maximum absolute atomic E-state index is 11.7. The van der Waals surface area contributed by atoms with Crippen LogP contribution in [0.25, 0.3) is 0 Å². The fraction of sp³-hybridized carbons (Fsp3) is 0.818. The van der Waals surface area contributed by atoms with Crippen LogP contribution in [-0.2, 0) is 9.59 Å². The Hall–Kier alpha value is -1.06. The van der Waals surface area contributed by atoms with Crippen LogP contribution in [-0.4, -0.2) is 22.5 Å². The first kappa shape index (κ1) is 12.0. The summed E-state index contributed by atoms with van der Waals surface area (Å²) in [5, 5.41) is 11.7. The van der Waals surface area contributed by atoms with Crippen LogP contribution in [0.4, 0.5) is 0 Å². The largest absolute Gasteiger partial charge is 0.480 e. The summed E-state index contributed by atoms with van der Waals surface area (Å²) in [7, 11) is 0. The third kappa shape index (κ3) is 2.30. The third-order valence-electron chi connectivity index (χ3n) is 3.39. The Kier molecular flexibility index (Phi) is 3.37. The minimum atomic E-state index is -0.972. The first-order valence-corrected chi connectivity index (χ1v) is 5.44. The molecule has 0 bridgehead atoms. The number of carbonyl (C=O) groups is 2. The molecule has 1 amide bonds. The Labute approximate surface area is 90.0 Å². The zero-order valence-electron chi connectivity index (χ0n) is 9.54. The van der Waals surface area contributed by atoms with E-state index in [9.17, 15) is 9.59 Å². The van der Waals surface area contributed by atoms with Crippen LogP contribution in [0.15, 0.2) is 0 Å². The molecule has 0 radical (unpaired) electrons. The summed E-state index contributed by atoms with van der Waals surface area (Å²) in [4.78, 5) is 22.7. The lowest BCUT2D eigenvalue weighted by atomic mass is 9.76. The molecule has 1 rings (SSSR count). The van der Waals surface area contributed by atoms with Crippen LogP contribution in [0.1, 0.15) is 40.0 Å². The highest BCUT2D eigenvalue weighted by atomic mass is 16.4. The molecule has 1 atom stereocenters. The van der Waals surface area contributed by atoms with Crippen molar-refractivity contribution < 1.29 is 14.7 Å². The molecule has 1 fully saturated rings. The van der Waals surface area contributed by atoms with E-state index in [4.69, 9.17) is 5.11 Å². The number of carboxylic acid groups (broad SMARTS) is 1. The Morgan fingerprint density at radius 2 is 1.80 bits per heavy atom. The van der Waals surface area contributed by atoms with Gasteiger partial charge in [0.2, 0.25) is 5.91 Å². The Morgan fingerprint density at radius 1 is 1.27 bits per heavy atom. The van der Waals surface area contributed by atoms with Crippen molar-refractivity contribution in [3.05, 3.63) is 0 Å². The van der Waals surface area contributed by atoms with Crippen LogP contribution in [0.3, 0.4) is 0 Å². The second-order valence-electron chi connectivity index (χ2n) is 4.76. The Bertz CT molecular complexity index is 269. The zero-order valence-corrected chi connectivity index (χ0v) is 9.54. The molecular formula is C11H19NO3. The maximum atomic E-state index is 11.7. The lowest BCUT2D eigenvalue weighted by molar-refractivity contribution is -0.152. The predicted octanol–water partition coefficient (Wildman–Crippen LogP) is 1.40. The fourth-order valence-electron chi connectivity index (χ4n) is 1.58. The van der Waals surface area contributed by atoms with Crippen molar-refractivity contribution in [2.45, 2.75) is 45.6 Å². The van der Waals surface area contributed by atoms with Crippen molar-refractivity contribution in [3.63, 3.8) is 0 Å². The van der Waals surface area contributed by atoms with Gasteiger partial charge in [-0.3, -0.25) is 4.79 Å². The quantitative estimate of drug-likeness (QED) is 0.741. The molecule has 0 aromatic carbocycles. The highest BCUT2D eigenvalue weighted by Gasteiger charge is 2.46. The van der Waals surface area contributed by atoms with Gasteiger partial charge in [-0.05, 0) is 25.2 Å². The lowest BCUT2D eigenvalue weighted by Gasteiger charge is -2.39. The predicted molar refractivity (Wildman–Crippen MR) is 56.4 cm³/mol. The number of nitrogens with one attached hydrogen (secondary N) is 1. The molecule has 0 saturated heterocycles. The summed E-state index contributed by atoms with van der Waals surface area (Å²) in [6.07, 6.45) is 1.99. The smallest absolute Gasteiger partial charge is 0.329 e. The summed E-state index contributed by atoms with van der Waals surface area (Å²) in [5.74, 6) is -0.956. The van der Waals surface area contributed by atoms with Crippen molar-refractivity contribution in [3.8, 4) is 0 Å². The maximum Gasteiger partial charge on any atom is 0.329 e. The van der Waals surface area contributed by atoms with Gasteiger partial charge >= 0.3 is 5.97 Å². The minimum Gasteiger partial charge on any atom is -0.480 e. The van der Waals surface area contributed by atoms with Crippen molar-refractivity contribution >= 4 is 11.9 Å². The molecule has 0 aromatic heterocycles. The molecule has 15 heavy (non-hydrogen) atoms. The molecule has 0 spiro atoms. The van der Waals surface area contributed by atoms with E-state index in [1.807, 2.05) is 20.8 Å². The molecule has 0 unspecified atom stereocenters. The summed E-state index contributed by atoms with van der Waals surface area (Å²) in [6, 6.07) is 0. The molecule has 1 aliphatic rings. The lowest BCUT2D eigenvalue weighted by Crippen LogP contribution is -2.60. The Morgan fingerprint density at radius 3 is 2.07 bits per heavy atom. The van der Waals surface area contributed by atoms with Gasteiger partial charge in [0.05, 0.1) is 0 Å². The van der Waals surface area contributed by atoms with Crippen molar-refractivity contribution in [2.75, 3.05) is 0 Å². The monoisotopic (exact) mass is 213 g/mol. The SMILES string of the molecule is CC(C)[C@H](C)C(=O)NC1(C(=O)O)CCC1. The molecule has 0 aliphatic heterocycles. The molecule has 2 N–H and O–H groups in total. The van der Waals surface area contributed by atoms with Crippen molar-refractivity contribution in [2.24, 2.45) is 11.8 Å². The van der Waals surface area contributed by atoms with E-state index < -0.39 is 11.5 Å². The normalized spacial score (nSPS) is 20.5. The van der Waals surface area contributed by atoms with Gasteiger partial charge in [-0.2, -0.15) is 0 Å². The van der Waals surface area contributed by atoms with Gasteiger partial charge in [0.1, 0.15) is 5.54 Å². The van der Waals surface area contributed by atoms with Crippen LogP contribution < -0.4 is 5.32 Å². The van der Waals surface area contributed by atoms with E-state index in [0.717, 1.165) is 6.42 Å². The average molecular weight is 213 g/mol. The first-order chi connectivity index (χ1) is 6.89. The number of aliphatic carboxylic acids is 1. The molecule has 86 valence electrons. The summed E-state index contributed by atoms with van der Waals surface area (Å²) in [6.45, 7) is 5.74. The van der Waals surface area contributed by atoms with Crippen molar-refractivity contribution in [1.29, 1.82) is 0 Å². The van der Waals surface area contributed by atoms with E-state index >= 15 is 0 Å². The number of hydrogen-bond acceptors (Lipinski definition) is 2. The number of hydrogen-bond donors (Lipinski definition) is 2. The summed E-state index contributed by atoms with van der Waals surface area (Å²) >= 11 is 0. The van der Waals surface area contributed by atoms with Gasteiger partial charge < -0.3 is 10.4 Å². The number of carboxylic acids is 1. The van der Waals surface area contributed by atoms with E-state index in [0.29, 0.717) is 12.8 Å². The van der Waals surface area contributed by atoms with Gasteiger partial charge in [-0.1, -0.05) is 20.8 Å². The zero-order chi connectivity index (χ0) is 11.6. The topological polar surface area (TPSA) is 66.4 Å². The van der Waals surface area contributed by atoms with Gasteiger partial charge in [-0.15, -0.1) is 0 Å². The van der Waals surface area contributed by atoms with Gasteiger partial charge in [0.15, 0.2) is 0 Å². The van der Waals surface area contributed by atoms with Gasteiger partial charge in [0.25, 0.3) is 0 Å². The van der Waals surface area contributed by atoms with E-state index in [1.54, 1.807) is 0 Å². The van der Waals surface area contributed by atoms with Crippen LogP contribution in [0, 0.1) is 11.8 Å². The third-order valence-corrected chi connectivity index (χ3v) is 3.39. The van der Waals surface area contributed by atoms with E-state index in [-0.39, 0.29) is 17.7 Å². The molecule has 4 nitrogen and oxygen atoms in total. The van der Waals surface area contributed by atoms with E-state index in [2.05, 4.69) is 5.32 Å². The molecule has 1 saturated carbocycles. The molecule has 0 heterocycles. The van der Waals surface area contributed by atoms with Gasteiger partial charge in [-0.25, -0.2) is 4.79 Å². The van der Waals surface area contributed by atoms with E-state index in [1.165, 1.54) is 0 Å². The van der Waals surface area contributed by atoms with Crippen molar-refractivity contribution in [1.82, 2.24) is 5.32 Å². The standard InChI is InChI=1S/C11H19NO3/c1-7(2)8(3)9(13)12-11(10(14)15)5-4-6-11/h7-8H,4-6H2,1-3H3,(H,12,13)(H,14,15)/t8-/m0/s1. The highest BCUT2D eigenvalue weighted by molar-refractivity contribution is 5.88. The number of carbonyl (C=O) groups excluding carboxylic acids is 1. The Balaban J connectivity index is 2.60. The second kappa shape index (κ2) is 4.21. The first-order valence-electron chi connectivity index (χ1n) is 5.44. The number of amides is 1. The van der Waals surface area contributed by atoms with Crippen LogP contribution >= 0.6 is 0 Å². The summed E-state index contributed by atoms with van der Waals surface area (Å²) in [5.41, 5.74) is -0.972. The molecular weight excluding hydrogens is 194 g/mol. The number of rotatable bonds is 4. The highest BCUT2D eigenvalue weighted by Crippen LogP contribution is 2.32. The van der Waals surface area contributed by atoms with Gasteiger partial charge in [0, 0.05) is 5.92 Å². The summed E-state index contributed by atoms with van der Waals surface area (Å²) < 4.78 is 0. The van der Waals surface area contributed by atoms with Crippen LogP contribution in [0.5, 0.6) is 0 Å². The fourth-order valence-corrected chi connectivity index (χ4v) is 1.58. The average Bonchev–Trinajstić information content (AvgIpc) is 2.08. The second-order valence-corrected chi connectivity index (χ2v) is 4.76. The minimum absolute atomic E-state index is 0.137.